The fourth-order valence-corrected chi connectivity index (χ4v) is 2.60. The van der Waals surface area contributed by atoms with Gasteiger partial charge in [0, 0.05) is 12.6 Å². The first-order valence-electron chi connectivity index (χ1n) is 6.23. The number of piperidine rings is 1. The van der Waals surface area contributed by atoms with Crippen LogP contribution in [-0.4, -0.2) is 12.6 Å². The van der Waals surface area contributed by atoms with E-state index in [0.29, 0.717) is 6.04 Å². The second-order valence-corrected chi connectivity index (χ2v) is 4.50. The molecule has 0 aliphatic carbocycles. The number of nitrogens with zero attached hydrogens (tertiary/aromatic N) is 2. The predicted octanol–water partition coefficient (Wildman–Crippen LogP) is 3.47. The van der Waals surface area contributed by atoms with Gasteiger partial charge in [0.25, 0.3) is 0 Å². The van der Waals surface area contributed by atoms with Gasteiger partial charge in [-0.15, -0.1) is 0 Å². The van der Waals surface area contributed by atoms with Crippen molar-refractivity contribution in [2.75, 3.05) is 11.4 Å². The molecule has 1 unspecified atom stereocenters. The van der Waals surface area contributed by atoms with Crippen LogP contribution in [0.5, 0.6) is 0 Å². The zero-order valence-corrected chi connectivity index (χ0v) is 10.1. The highest BCUT2D eigenvalue weighted by atomic mass is 19.1. The molecule has 0 spiro atoms. The van der Waals surface area contributed by atoms with Crippen LogP contribution >= 0.6 is 0 Å². The van der Waals surface area contributed by atoms with E-state index in [2.05, 4.69) is 11.8 Å². The zero-order chi connectivity index (χ0) is 12.3. The van der Waals surface area contributed by atoms with E-state index < -0.39 is 5.82 Å². The van der Waals surface area contributed by atoms with Gasteiger partial charge in [-0.05, 0) is 37.8 Å². The van der Waals surface area contributed by atoms with Gasteiger partial charge in [0.05, 0.1) is 5.69 Å². The molecular formula is C14H17FN2. The van der Waals surface area contributed by atoms with Crippen molar-refractivity contribution in [1.29, 1.82) is 5.26 Å². The monoisotopic (exact) mass is 232 g/mol. The summed E-state index contributed by atoms with van der Waals surface area (Å²) >= 11 is 0. The molecule has 1 aliphatic rings. The van der Waals surface area contributed by atoms with Gasteiger partial charge in [0.15, 0.2) is 0 Å². The number of hydrogen-bond donors (Lipinski definition) is 0. The average Bonchev–Trinajstić information content (AvgIpc) is 2.38. The number of benzene rings is 1. The lowest BCUT2D eigenvalue weighted by Gasteiger charge is -2.37. The maximum Gasteiger partial charge on any atom is 0.143 e. The molecule has 1 saturated heterocycles. The van der Waals surface area contributed by atoms with Crippen molar-refractivity contribution in [1.82, 2.24) is 0 Å². The predicted molar refractivity (Wildman–Crippen MR) is 66.4 cm³/mol. The Morgan fingerprint density at radius 3 is 3.00 bits per heavy atom. The van der Waals surface area contributed by atoms with Gasteiger partial charge in [-0.2, -0.15) is 5.26 Å². The van der Waals surface area contributed by atoms with Crippen molar-refractivity contribution in [3.05, 3.63) is 29.6 Å². The lowest BCUT2D eigenvalue weighted by Crippen LogP contribution is -2.39. The van der Waals surface area contributed by atoms with Crippen LogP contribution in [0.15, 0.2) is 18.2 Å². The Balaban J connectivity index is 2.38. The molecule has 2 nitrogen and oxygen atoms in total. The quantitative estimate of drug-likeness (QED) is 0.780. The molecule has 1 aromatic carbocycles. The molecule has 17 heavy (non-hydrogen) atoms. The van der Waals surface area contributed by atoms with Crippen LogP contribution in [0, 0.1) is 17.1 Å². The van der Waals surface area contributed by atoms with Crippen LogP contribution in [0.2, 0.25) is 0 Å². The first-order chi connectivity index (χ1) is 8.27. The smallest absolute Gasteiger partial charge is 0.143 e. The average molecular weight is 232 g/mol. The third kappa shape index (κ3) is 2.26. The van der Waals surface area contributed by atoms with Gasteiger partial charge in [0.2, 0.25) is 0 Å². The Morgan fingerprint density at radius 2 is 2.29 bits per heavy atom. The van der Waals surface area contributed by atoms with Crippen molar-refractivity contribution in [3.63, 3.8) is 0 Å². The van der Waals surface area contributed by atoms with Crippen LogP contribution in [0.25, 0.3) is 0 Å². The molecule has 90 valence electrons. The molecule has 2 rings (SSSR count). The van der Waals surface area contributed by atoms with E-state index in [-0.39, 0.29) is 5.56 Å². The highest BCUT2D eigenvalue weighted by Gasteiger charge is 2.24. The number of nitriles is 1. The minimum atomic E-state index is -0.412. The standard InChI is InChI=1S/C14H17FN2/c1-2-11-6-3-4-9-17(11)14-8-5-7-13(15)12(14)10-16/h5,7-8,11H,2-4,6,9H2,1H3. The van der Waals surface area contributed by atoms with Gasteiger partial charge in [-0.1, -0.05) is 13.0 Å². The molecule has 0 amide bonds. The molecular weight excluding hydrogens is 215 g/mol. The molecule has 0 radical (unpaired) electrons. The fourth-order valence-electron chi connectivity index (χ4n) is 2.60. The summed E-state index contributed by atoms with van der Waals surface area (Å²) in [6.45, 7) is 3.07. The molecule has 1 atom stereocenters. The van der Waals surface area contributed by atoms with E-state index in [4.69, 9.17) is 5.26 Å². The third-order valence-corrected chi connectivity index (χ3v) is 3.51. The first kappa shape index (κ1) is 11.9. The van der Waals surface area contributed by atoms with Crippen LogP contribution < -0.4 is 4.90 Å². The molecule has 1 aromatic rings. The third-order valence-electron chi connectivity index (χ3n) is 3.51. The Bertz CT molecular complexity index is 436. The fraction of sp³-hybridized carbons (Fsp3) is 0.500. The molecule has 1 heterocycles. The molecule has 0 N–H and O–H groups in total. The first-order valence-corrected chi connectivity index (χ1v) is 6.23. The van der Waals surface area contributed by atoms with Gasteiger partial charge in [0.1, 0.15) is 17.4 Å². The highest BCUT2D eigenvalue weighted by molar-refractivity contribution is 5.60. The molecule has 3 heteroatoms. The van der Waals surface area contributed by atoms with E-state index in [1.165, 1.54) is 12.5 Å². The Morgan fingerprint density at radius 1 is 1.47 bits per heavy atom. The van der Waals surface area contributed by atoms with E-state index in [1.807, 2.05) is 12.1 Å². The number of halogens is 1. The van der Waals surface area contributed by atoms with E-state index in [1.54, 1.807) is 6.07 Å². The molecule has 0 saturated carbocycles. The largest absolute Gasteiger partial charge is 0.367 e. The van der Waals surface area contributed by atoms with Crippen molar-refractivity contribution in [3.8, 4) is 6.07 Å². The Kier molecular flexibility index (Phi) is 3.63. The van der Waals surface area contributed by atoms with Crippen LogP contribution in [0.3, 0.4) is 0 Å². The summed E-state index contributed by atoms with van der Waals surface area (Å²) in [5.41, 5.74) is 0.951. The zero-order valence-electron chi connectivity index (χ0n) is 10.1. The Hall–Kier alpha value is -1.56. The summed E-state index contributed by atoms with van der Waals surface area (Å²) in [7, 11) is 0. The summed E-state index contributed by atoms with van der Waals surface area (Å²) < 4.78 is 13.6. The van der Waals surface area contributed by atoms with Crippen molar-refractivity contribution >= 4 is 5.69 Å². The maximum atomic E-state index is 13.6. The summed E-state index contributed by atoms with van der Waals surface area (Å²) in [4.78, 5) is 2.20. The summed E-state index contributed by atoms with van der Waals surface area (Å²) in [6.07, 6.45) is 4.53. The topological polar surface area (TPSA) is 27.0 Å². The van der Waals surface area contributed by atoms with Gasteiger partial charge >= 0.3 is 0 Å². The normalized spacial score (nSPS) is 20.1. The van der Waals surface area contributed by atoms with E-state index >= 15 is 0 Å². The molecule has 1 aliphatic heterocycles. The second-order valence-electron chi connectivity index (χ2n) is 4.50. The summed E-state index contributed by atoms with van der Waals surface area (Å²) in [5, 5.41) is 9.07. The highest BCUT2D eigenvalue weighted by Crippen LogP contribution is 2.30. The van der Waals surface area contributed by atoms with Gasteiger partial charge < -0.3 is 4.90 Å². The maximum absolute atomic E-state index is 13.6. The summed E-state index contributed by atoms with van der Waals surface area (Å²) in [5.74, 6) is -0.412. The van der Waals surface area contributed by atoms with E-state index in [0.717, 1.165) is 31.5 Å². The minimum absolute atomic E-state index is 0.188. The van der Waals surface area contributed by atoms with Gasteiger partial charge in [-0.25, -0.2) is 4.39 Å². The van der Waals surface area contributed by atoms with Crippen LogP contribution in [0.1, 0.15) is 38.2 Å². The minimum Gasteiger partial charge on any atom is -0.367 e. The number of hydrogen-bond acceptors (Lipinski definition) is 2. The van der Waals surface area contributed by atoms with E-state index in [9.17, 15) is 4.39 Å². The second kappa shape index (κ2) is 5.18. The van der Waals surface area contributed by atoms with Crippen LogP contribution in [0.4, 0.5) is 10.1 Å². The molecule has 0 aromatic heterocycles. The van der Waals surface area contributed by atoms with Gasteiger partial charge in [-0.3, -0.25) is 0 Å². The van der Waals surface area contributed by atoms with Crippen molar-refractivity contribution in [2.24, 2.45) is 0 Å². The SMILES string of the molecule is CCC1CCCCN1c1cccc(F)c1C#N. The molecule has 1 fully saturated rings. The van der Waals surface area contributed by atoms with Crippen LogP contribution in [-0.2, 0) is 0 Å². The lowest BCUT2D eigenvalue weighted by molar-refractivity contribution is 0.449. The number of anilines is 1. The molecule has 0 bridgehead atoms. The Labute approximate surface area is 102 Å². The van der Waals surface area contributed by atoms with Crippen molar-refractivity contribution in [2.45, 2.75) is 38.6 Å². The van der Waals surface area contributed by atoms with Crippen molar-refractivity contribution < 1.29 is 4.39 Å². The number of rotatable bonds is 2. The lowest BCUT2D eigenvalue weighted by atomic mass is 9.98. The summed E-state index contributed by atoms with van der Waals surface area (Å²) in [6, 6.07) is 7.33.